The van der Waals surface area contributed by atoms with Gasteiger partial charge in [-0.1, -0.05) is 67.8 Å². The summed E-state index contributed by atoms with van der Waals surface area (Å²) in [4.78, 5) is 41.7. The van der Waals surface area contributed by atoms with Crippen LogP contribution in [0, 0.1) is 0 Å². The summed E-state index contributed by atoms with van der Waals surface area (Å²) >= 11 is 0. The Morgan fingerprint density at radius 1 is 0.922 bits per heavy atom. The number of amides is 2. The summed E-state index contributed by atoms with van der Waals surface area (Å²) in [6.07, 6.45) is 0.919. The Labute approximate surface area is 291 Å². The molecule has 0 aliphatic heterocycles. The van der Waals surface area contributed by atoms with Crippen LogP contribution in [0.25, 0.3) is 22.6 Å². The highest BCUT2D eigenvalue weighted by molar-refractivity contribution is 5.97. The van der Waals surface area contributed by atoms with Gasteiger partial charge in [0.15, 0.2) is 5.58 Å². The SMILES string of the molecule is O=C(O)CCNC(=O)c1ccc(CC(C(=O)Nc2ccc(OC(F)(F)F)c(-c3nc4ccccc4o3)c2)c2ccc(C3CCCCC3)cc2)cc1. The minimum atomic E-state index is -4.98. The first-order chi connectivity index (χ1) is 24.5. The van der Waals surface area contributed by atoms with Crippen LogP contribution in [0.4, 0.5) is 18.9 Å². The first-order valence-corrected chi connectivity index (χ1v) is 16.8. The average molecular weight is 700 g/mol. The fourth-order valence-electron chi connectivity index (χ4n) is 6.42. The molecule has 2 amide bonds. The van der Waals surface area contributed by atoms with Crippen LogP contribution in [-0.2, 0) is 16.0 Å². The molecule has 0 radical (unpaired) electrons. The third-order valence-corrected chi connectivity index (χ3v) is 9.01. The predicted molar refractivity (Wildman–Crippen MR) is 184 cm³/mol. The van der Waals surface area contributed by atoms with E-state index in [0.717, 1.165) is 30.0 Å². The molecule has 9 nitrogen and oxygen atoms in total. The van der Waals surface area contributed by atoms with Crippen molar-refractivity contribution in [3.63, 3.8) is 0 Å². The van der Waals surface area contributed by atoms with Gasteiger partial charge in [0.05, 0.1) is 17.9 Å². The maximum absolute atomic E-state index is 14.1. The molecule has 1 aliphatic carbocycles. The van der Waals surface area contributed by atoms with Crippen molar-refractivity contribution in [1.29, 1.82) is 0 Å². The van der Waals surface area contributed by atoms with Crippen LogP contribution in [-0.4, -0.2) is 40.8 Å². The summed E-state index contributed by atoms with van der Waals surface area (Å²) in [6.45, 7) is -0.00749. The van der Waals surface area contributed by atoms with Gasteiger partial charge in [0, 0.05) is 17.8 Å². The van der Waals surface area contributed by atoms with E-state index in [9.17, 15) is 27.6 Å². The fourth-order valence-corrected chi connectivity index (χ4v) is 6.42. The van der Waals surface area contributed by atoms with Crippen molar-refractivity contribution in [2.45, 2.75) is 63.1 Å². The van der Waals surface area contributed by atoms with E-state index < -0.39 is 35.8 Å². The number of carboxylic acids is 1. The highest BCUT2D eigenvalue weighted by Gasteiger charge is 2.33. The number of para-hydroxylation sites is 2. The number of halogens is 3. The summed E-state index contributed by atoms with van der Waals surface area (Å²) in [5.74, 6) is -2.71. The lowest BCUT2D eigenvalue weighted by Gasteiger charge is -2.23. The van der Waals surface area contributed by atoms with Gasteiger partial charge in [0.2, 0.25) is 11.8 Å². The summed E-state index contributed by atoms with van der Waals surface area (Å²) in [5, 5.41) is 14.3. The van der Waals surface area contributed by atoms with Crippen molar-refractivity contribution in [2.75, 3.05) is 11.9 Å². The Morgan fingerprint density at radius 2 is 1.65 bits per heavy atom. The van der Waals surface area contributed by atoms with Gasteiger partial charge in [-0.15, -0.1) is 13.2 Å². The summed E-state index contributed by atoms with van der Waals surface area (Å²) < 4.78 is 50.1. The Kier molecular flexibility index (Phi) is 10.7. The number of aliphatic carboxylic acids is 1. The number of rotatable bonds is 12. The molecule has 4 aromatic carbocycles. The lowest BCUT2D eigenvalue weighted by Crippen LogP contribution is -2.26. The van der Waals surface area contributed by atoms with Crippen LogP contribution < -0.4 is 15.4 Å². The second kappa shape index (κ2) is 15.5. The van der Waals surface area contributed by atoms with Gasteiger partial charge in [-0.2, -0.15) is 0 Å². The number of anilines is 1. The van der Waals surface area contributed by atoms with Crippen LogP contribution in [0.15, 0.2) is 95.4 Å². The highest BCUT2D eigenvalue weighted by atomic mass is 19.4. The van der Waals surface area contributed by atoms with Crippen molar-refractivity contribution >= 4 is 34.6 Å². The van der Waals surface area contributed by atoms with Crippen molar-refractivity contribution in [3.05, 3.63) is 113 Å². The fraction of sp³-hybridized carbons (Fsp3) is 0.282. The minimum absolute atomic E-state index is 0.00749. The van der Waals surface area contributed by atoms with E-state index in [1.807, 2.05) is 12.1 Å². The largest absolute Gasteiger partial charge is 0.573 e. The normalized spacial score (nSPS) is 14.2. The van der Waals surface area contributed by atoms with Crippen molar-refractivity contribution in [3.8, 4) is 17.2 Å². The predicted octanol–water partition coefficient (Wildman–Crippen LogP) is 8.61. The number of hydrogen-bond acceptors (Lipinski definition) is 6. The molecule has 1 unspecified atom stereocenters. The number of carbonyl (C=O) groups excluding carboxylic acids is 2. The Bertz CT molecular complexity index is 1970. The van der Waals surface area contributed by atoms with Gasteiger partial charge >= 0.3 is 12.3 Å². The van der Waals surface area contributed by atoms with E-state index >= 15 is 0 Å². The van der Waals surface area contributed by atoms with Crippen LogP contribution in [0.2, 0.25) is 0 Å². The zero-order chi connectivity index (χ0) is 36.0. The summed E-state index contributed by atoms with van der Waals surface area (Å²) in [7, 11) is 0. The number of nitrogens with zero attached hydrogens (tertiary/aromatic N) is 1. The number of hydrogen-bond donors (Lipinski definition) is 3. The average Bonchev–Trinajstić information content (AvgIpc) is 3.55. The topological polar surface area (TPSA) is 131 Å². The third kappa shape index (κ3) is 9.13. The monoisotopic (exact) mass is 699 g/mol. The molecule has 1 aromatic heterocycles. The van der Waals surface area contributed by atoms with Crippen LogP contribution in [0.3, 0.4) is 0 Å². The quantitative estimate of drug-likeness (QED) is 0.119. The molecular formula is C39H36F3N3O6. The molecule has 1 saturated carbocycles. The molecule has 3 N–H and O–H groups in total. The molecule has 1 aliphatic rings. The van der Waals surface area contributed by atoms with Gasteiger partial charge in [-0.3, -0.25) is 14.4 Å². The lowest BCUT2D eigenvalue weighted by molar-refractivity contribution is -0.274. The first-order valence-electron chi connectivity index (χ1n) is 16.8. The molecule has 0 saturated heterocycles. The van der Waals surface area contributed by atoms with E-state index in [1.165, 1.54) is 37.0 Å². The van der Waals surface area contributed by atoms with Crippen LogP contribution in [0.5, 0.6) is 5.75 Å². The number of oxazole rings is 1. The number of fused-ring (bicyclic) bond motifs is 1. The number of aromatic nitrogens is 1. The van der Waals surface area contributed by atoms with Crippen molar-refractivity contribution in [1.82, 2.24) is 10.3 Å². The van der Waals surface area contributed by atoms with Gasteiger partial charge in [-0.05, 0) is 84.3 Å². The van der Waals surface area contributed by atoms with Gasteiger partial charge in [0.1, 0.15) is 11.3 Å². The van der Waals surface area contributed by atoms with Crippen LogP contribution >= 0.6 is 0 Å². The van der Waals surface area contributed by atoms with Crippen LogP contribution in [0.1, 0.15) is 77.4 Å². The smallest absolute Gasteiger partial charge is 0.481 e. The molecule has 51 heavy (non-hydrogen) atoms. The molecule has 1 atom stereocenters. The third-order valence-electron chi connectivity index (χ3n) is 9.01. The second-order valence-corrected chi connectivity index (χ2v) is 12.6. The first kappa shape index (κ1) is 35.2. The molecule has 12 heteroatoms. The lowest BCUT2D eigenvalue weighted by atomic mass is 9.83. The van der Waals surface area contributed by atoms with E-state index in [2.05, 4.69) is 32.5 Å². The Morgan fingerprint density at radius 3 is 2.33 bits per heavy atom. The zero-order valence-corrected chi connectivity index (χ0v) is 27.5. The number of carbonyl (C=O) groups is 3. The number of ether oxygens (including phenoxy) is 1. The summed E-state index contributed by atoms with van der Waals surface area (Å²) in [6, 6.07) is 25.2. The molecule has 0 bridgehead atoms. The van der Waals surface area contributed by atoms with E-state index in [0.29, 0.717) is 22.6 Å². The maximum atomic E-state index is 14.1. The molecular weight excluding hydrogens is 663 g/mol. The molecule has 0 spiro atoms. The van der Waals surface area contributed by atoms with Gasteiger partial charge in [-0.25, -0.2) is 4.98 Å². The number of alkyl halides is 3. The molecule has 5 aromatic rings. The van der Waals surface area contributed by atoms with Gasteiger partial charge in [0.25, 0.3) is 5.91 Å². The van der Waals surface area contributed by atoms with E-state index in [-0.39, 0.29) is 36.5 Å². The Balaban J connectivity index is 1.28. The Hall–Kier alpha value is -5.65. The number of nitrogens with one attached hydrogen (secondary N) is 2. The standard InChI is InChI=1S/C39H36F3N3O6/c40-39(41,42)51-33-19-18-29(23-31(33)38-45-32-8-4-5-9-34(32)50-38)44-37(49)30(27-16-14-26(15-17-27)25-6-2-1-3-7-25)22-24-10-12-28(13-11-24)36(48)43-21-20-35(46)47/h4-5,8-19,23,25,30H,1-3,6-7,20-22H2,(H,43,48)(H,44,49)(H,46,47). The molecule has 1 fully saturated rings. The zero-order valence-electron chi connectivity index (χ0n) is 27.5. The maximum Gasteiger partial charge on any atom is 0.573 e. The number of carboxylic acid groups (broad SMARTS) is 1. The highest BCUT2D eigenvalue weighted by Crippen LogP contribution is 2.38. The number of benzene rings is 4. The van der Waals surface area contributed by atoms with Crippen molar-refractivity contribution < 1.29 is 41.8 Å². The second-order valence-electron chi connectivity index (χ2n) is 12.6. The minimum Gasteiger partial charge on any atom is -0.481 e. The van der Waals surface area contributed by atoms with E-state index in [1.54, 1.807) is 48.5 Å². The van der Waals surface area contributed by atoms with E-state index in [4.69, 9.17) is 9.52 Å². The molecule has 6 rings (SSSR count). The summed E-state index contributed by atoms with van der Waals surface area (Å²) in [5.41, 5.74) is 4.01. The molecule has 264 valence electrons. The van der Waals surface area contributed by atoms with Gasteiger partial charge < -0.3 is 24.9 Å². The molecule has 1 heterocycles. The van der Waals surface area contributed by atoms with Crippen molar-refractivity contribution in [2.24, 2.45) is 0 Å².